The second-order valence-electron chi connectivity index (χ2n) is 9.46. The van der Waals surface area contributed by atoms with Crippen LogP contribution < -0.4 is 0 Å². The Labute approximate surface area is 226 Å². The smallest absolute Gasteiger partial charge is 0.178 e. The van der Waals surface area contributed by atoms with Crippen molar-refractivity contribution in [2.45, 2.75) is 20.0 Å². The molecule has 0 aliphatic carbocycles. The van der Waals surface area contributed by atoms with Gasteiger partial charge in [0, 0.05) is 36.8 Å². The fourth-order valence-corrected chi connectivity index (χ4v) is 4.81. The van der Waals surface area contributed by atoms with Crippen molar-refractivity contribution in [3.8, 4) is 16.9 Å². The molecule has 40 heavy (non-hydrogen) atoms. The summed E-state index contributed by atoms with van der Waals surface area (Å²) in [6.07, 6.45) is 10.8. The standard InChI is InChI=1S/C29H21F2N9/c1-18-36-28-27(40(18)15-19-8-21(30)10-22(31)9-19)11-24(13-34-28)39-7-5-25-29(39)37-26(14-33-25)20-12-35-38(16-20)17-23-4-2-3-6-32-23/h2-14,16H,15,17H2,1H3. The summed E-state index contributed by atoms with van der Waals surface area (Å²) < 4.78 is 33.3. The minimum absolute atomic E-state index is 0.251. The zero-order chi connectivity index (χ0) is 27.2. The van der Waals surface area contributed by atoms with Crippen LogP contribution in [0.3, 0.4) is 0 Å². The summed E-state index contributed by atoms with van der Waals surface area (Å²) in [5.74, 6) is -0.552. The molecule has 7 aromatic rings. The van der Waals surface area contributed by atoms with Crippen LogP contribution in [0, 0.1) is 18.6 Å². The molecule has 11 heteroatoms. The number of aromatic nitrogens is 9. The monoisotopic (exact) mass is 533 g/mol. The molecule has 6 aromatic heterocycles. The van der Waals surface area contributed by atoms with Gasteiger partial charge in [-0.2, -0.15) is 5.10 Å². The van der Waals surface area contributed by atoms with Gasteiger partial charge in [0.15, 0.2) is 11.3 Å². The maximum absolute atomic E-state index is 13.8. The first kappa shape index (κ1) is 23.8. The Morgan fingerprint density at radius 1 is 0.850 bits per heavy atom. The molecule has 0 amide bonds. The summed E-state index contributed by atoms with van der Waals surface area (Å²) in [6.45, 7) is 2.64. The van der Waals surface area contributed by atoms with Crippen LogP contribution in [-0.2, 0) is 13.1 Å². The minimum Gasteiger partial charge on any atom is -0.322 e. The number of benzene rings is 1. The lowest BCUT2D eigenvalue weighted by Crippen LogP contribution is -2.04. The van der Waals surface area contributed by atoms with E-state index in [9.17, 15) is 8.78 Å². The molecule has 0 aliphatic rings. The van der Waals surface area contributed by atoms with Crippen molar-refractivity contribution in [2.75, 3.05) is 0 Å². The second kappa shape index (κ2) is 9.45. The minimum atomic E-state index is -0.619. The van der Waals surface area contributed by atoms with Gasteiger partial charge in [0.1, 0.15) is 23.0 Å². The van der Waals surface area contributed by atoms with Gasteiger partial charge in [-0.15, -0.1) is 0 Å². The summed E-state index contributed by atoms with van der Waals surface area (Å²) >= 11 is 0. The van der Waals surface area contributed by atoms with E-state index in [2.05, 4.69) is 25.0 Å². The Morgan fingerprint density at radius 2 is 1.73 bits per heavy atom. The molecule has 0 saturated heterocycles. The Bertz CT molecular complexity index is 1990. The van der Waals surface area contributed by atoms with Crippen molar-refractivity contribution in [1.82, 2.24) is 43.8 Å². The lowest BCUT2D eigenvalue weighted by Gasteiger charge is -2.09. The Morgan fingerprint density at radius 3 is 2.55 bits per heavy atom. The van der Waals surface area contributed by atoms with Crippen molar-refractivity contribution in [3.63, 3.8) is 0 Å². The van der Waals surface area contributed by atoms with Crippen LogP contribution in [0.4, 0.5) is 8.78 Å². The van der Waals surface area contributed by atoms with Crippen LogP contribution in [0.15, 0.2) is 85.7 Å². The van der Waals surface area contributed by atoms with Gasteiger partial charge in [-0.25, -0.2) is 23.7 Å². The van der Waals surface area contributed by atoms with Gasteiger partial charge < -0.3 is 4.57 Å². The molecule has 0 bridgehead atoms. The number of imidazole rings is 1. The molecule has 196 valence electrons. The van der Waals surface area contributed by atoms with Crippen LogP contribution in [0.25, 0.3) is 39.3 Å². The highest BCUT2D eigenvalue weighted by atomic mass is 19.1. The molecule has 0 radical (unpaired) electrons. The van der Waals surface area contributed by atoms with Gasteiger partial charge in [-0.1, -0.05) is 6.07 Å². The van der Waals surface area contributed by atoms with Gasteiger partial charge in [-0.3, -0.25) is 19.2 Å². The number of pyridine rings is 2. The molecule has 0 fully saturated rings. The van der Waals surface area contributed by atoms with E-state index in [0.717, 1.165) is 34.0 Å². The van der Waals surface area contributed by atoms with E-state index in [1.807, 2.05) is 63.5 Å². The molecule has 7 rings (SSSR count). The van der Waals surface area contributed by atoms with Crippen molar-refractivity contribution < 1.29 is 8.78 Å². The fourth-order valence-electron chi connectivity index (χ4n) is 4.81. The second-order valence-corrected chi connectivity index (χ2v) is 9.46. The molecule has 6 heterocycles. The number of halogens is 2. The quantitative estimate of drug-likeness (QED) is 0.295. The predicted octanol–water partition coefficient (Wildman–Crippen LogP) is 5.11. The lowest BCUT2D eigenvalue weighted by atomic mass is 10.2. The lowest BCUT2D eigenvalue weighted by molar-refractivity contribution is 0.577. The number of nitrogens with zero attached hydrogens (tertiary/aromatic N) is 9. The summed E-state index contributed by atoms with van der Waals surface area (Å²) in [5.41, 5.74) is 6.35. The zero-order valence-corrected chi connectivity index (χ0v) is 21.3. The number of aryl methyl sites for hydroxylation is 1. The van der Waals surface area contributed by atoms with Crippen LogP contribution in [0.2, 0.25) is 0 Å². The zero-order valence-electron chi connectivity index (χ0n) is 21.3. The van der Waals surface area contributed by atoms with E-state index in [0.29, 0.717) is 34.9 Å². The van der Waals surface area contributed by atoms with E-state index in [1.54, 1.807) is 24.8 Å². The molecule has 9 nitrogen and oxygen atoms in total. The van der Waals surface area contributed by atoms with E-state index in [-0.39, 0.29) is 6.54 Å². The molecule has 1 aromatic carbocycles. The first-order valence-electron chi connectivity index (χ1n) is 12.6. The number of hydrogen-bond acceptors (Lipinski definition) is 6. The van der Waals surface area contributed by atoms with Crippen LogP contribution in [0.1, 0.15) is 17.1 Å². The highest BCUT2D eigenvalue weighted by Crippen LogP contribution is 2.25. The summed E-state index contributed by atoms with van der Waals surface area (Å²) in [4.78, 5) is 23.0. The van der Waals surface area contributed by atoms with Gasteiger partial charge in [0.05, 0.1) is 47.7 Å². The van der Waals surface area contributed by atoms with Crippen molar-refractivity contribution in [3.05, 3.63) is 114 Å². The Hall–Kier alpha value is -5.32. The molecule has 0 spiro atoms. The maximum atomic E-state index is 13.8. The van der Waals surface area contributed by atoms with Crippen molar-refractivity contribution in [1.29, 1.82) is 0 Å². The highest BCUT2D eigenvalue weighted by molar-refractivity contribution is 5.79. The molecule has 0 aliphatic heterocycles. The third-order valence-electron chi connectivity index (χ3n) is 6.69. The third-order valence-corrected chi connectivity index (χ3v) is 6.69. The van der Waals surface area contributed by atoms with Crippen LogP contribution in [0.5, 0.6) is 0 Å². The van der Waals surface area contributed by atoms with Gasteiger partial charge >= 0.3 is 0 Å². The maximum Gasteiger partial charge on any atom is 0.178 e. The number of hydrogen-bond donors (Lipinski definition) is 0. The van der Waals surface area contributed by atoms with Gasteiger partial charge in [0.25, 0.3) is 0 Å². The van der Waals surface area contributed by atoms with E-state index >= 15 is 0 Å². The molecular formula is C29H21F2N9. The molecular weight excluding hydrogens is 512 g/mol. The Kier molecular flexibility index (Phi) is 5.62. The van der Waals surface area contributed by atoms with Crippen LogP contribution in [-0.4, -0.2) is 43.8 Å². The first-order chi connectivity index (χ1) is 19.5. The van der Waals surface area contributed by atoms with Crippen molar-refractivity contribution >= 4 is 22.3 Å². The topological polar surface area (TPSA) is 92.1 Å². The predicted molar refractivity (Wildman–Crippen MR) is 145 cm³/mol. The highest BCUT2D eigenvalue weighted by Gasteiger charge is 2.15. The van der Waals surface area contributed by atoms with Crippen molar-refractivity contribution in [2.24, 2.45) is 0 Å². The van der Waals surface area contributed by atoms with E-state index in [1.165, 1.54) is 12.1 Å². The SMILES string of the molecule is Cc1nc2ncc(-n3ccc4ncc(-c5cnn(Cc6ccccn6)c5)nc43)cc2n1Cc1cc(F)cc(F)c1. The molecule has 0 N–H and O–H groups in total. The normalized spacial score (nSPS) is 11.6. The average Bonchev–Trinajstić information content (AvgIpc) is 3.66. The summed E-state index contributed by atoms with van der Waals surface area (Å²) in [7, 11) is 0. The Balaban J connectivity index is 1.25. The van der Waals surface area contributed by atoms with Gasteiger partial charge in [0.2, 0.25) is 0 Å². The summed E-state index contributed by atoms with van der Waals surface area (Å²) in [6, 6.07) is 13.1. The molecule has 0 atom stereocenters. The van der Waals surface area contributed by atoms with Crippen LogP contribution >= 0.6 is 0 Å². The number of fused-ring (bicyclic) bond motifs is 2. The molecule has 0 saturated carbocycles. The average molecular weight is 534 g/mol. The van der Waals surface area contributed by atoms with E-state index < -0.39 is 11.6 Å². The van der Waals surface area contributed by atoms with Gasteiger partial charge in [-0.05, 0) is 48.9 Å². The summed E-state index contributed by atoms with van der Waals surface area (Å²) in [5, 5.41) is 4.46. The number of rotatable bonds is 6. The van der Waals surface area contributed by atoms with E-state index in [4.69, 9.17) is 4.98 Å². The third kappa shape index (κ3) is 4.37. The molecule has 0 unspecified atom stereocenters. The largest absolute Gasteiger partial charge is 0.322 e. The first-order valence-corrected chi connectivity index (χ1v) is 12.6. The fraction of sp³-hybridized carbons (Fsp3) is 0.103.